The molecule has 0 bridgehead atoms. The van der Waals surface area contributed by atoms with Gasteiger partial charge in [0, 0.05) is 6.42 Å². The summed E-state index contributed by atoms with van der Waals surface area (Å²) in [5.41, 5.74) is 1.36. The lowest BCUT2D eigenvalue weighted by molar-refractivity contribution is 0.618. The van der Waals surface area contributed by atoms with Crippen LogP contribution >= 0.6 is 11.5 Å². The fourth-order valence-electron chi connectivity index (χ4n) is 2.51. The Balaban J connectivity index is 2.17. The summed E-state index contributed by atoms with van der Waals surface area (Å²) >= 11 is 1.25. The first kappa shape index (κ1) is 14.8. The number of hydrogen-bond acceptors (Lipinski definition) is 4. The maximum atomic E-state index is 13.4. The minimum Gasteiger partial charge on any atom is -0.292 e. The highest BCUT2D eigenvalue weighted by atomic mass is 32.1. The fourth-order valence-corrected chi connectivity index (χ4v) is 3.29. The number of nitrogens with zero attached hydrogens (tertiary/aromatic N) is 3. The number of benzene rings is 1. The third-order valence-corrected chi connectivity index (χ3v) is 4.38. The van der Waals surface area contributed by atoms with Crippen LogP contribution in [0.25, 0.3) is 10.2 Å². The molecule has 22 heavy (non-hydrogen) atoms. The van der Waals surface area contributed by atoms with Crippen LogP contribution in [-0.2, 0) is 13.0 Å². The molecule has 0 fully saturated rings. The second kappa shape index (κ2) is 5.96. The molecule has 0 radical (unpaired) electrons. The summed E-state index contributed by atoms with van der Waals surface area (Å²) in [6.07, 6.45) is 1.59. The van der Waals surface area contributed by atoms with Crippen molar-refractivity contribution in [1.29, 1.82) is 0 Å². The maximum Gasteiger partial charge on any atom is 0.264 e. The van der Waals surface area contributed by atoms with Crippen LogP contribution < -0.4 is 5.56 Å². The molecule has 0 aliphatic rings. The number of aromatic nitrogens is 3. The standard InChI is InChI=1S/C16H16FN3OS/c1-3-5-13-18-15-14(10(2)19-22-15)16(21)20(13)9-11-6-4-7-12(17)8-11/h4,6-8H,3,5,9H2,1-2H3. The molecular weight excluding hydrogens is 301 g/mol. The molecule has 3 rings (SSSR count). The van der Waals surface area contributed by atoms with Crippen molar-refractivity contribution >= 4 is 21.7 Å². The molecule has 0 unspecified atom stereocenters. The van der Waals surface area contributed by atoms with Crippen molar-refractivity contribution in [2.75, 3.05) is 0 Å². The number of fused-ring (bicyclic) bond motifs is 1. The Hall–Kier alpha value is -2.08. The lowest BCUT2D eigenvalue weighted by atomic mass is 10.2. The van der Waals surface area contributed by atoms with Crippen LogP contribution in [0.3, 0.4) is 0 Å². The zero-order valence-corrected chi connectivity index (χ0v) is 13.3. The van der Waals surface area contributed by atoms with E-state index < -0.39 is 0 Å². The summed E-state index contributed by atoms with van der Waals surface area (Å²) in [4.78, 5) is 18.1. The van der Waals surface area contributed by atoms with E-state index in [4.69, 9.17) is 0 Å². The van der Waals surface area contributed by atoms with Gasteiger partial charge in [-0.05, 0) is 42.6 Å². The Bertz CT molecular complexity index is 885. The predicted octanol–water partition coefficient (Wildman–Crippen LogP) is 3.30. The summed E-state index contributed by atoms with van der Waals surface area (Å²) in [5, 5.41) is 0.571. The highest BCUT2D eigenvalue weighted by molar-refractivity contribution is 7.12. The monoisotopic (exact) mass is 317 g/mol. The van der Waals surface area contributed by atoms with E-state index in [9.17, 15) is 9.18 Å². The van der Waals surface area contributed by atoms with E-state index in [0.717, 1.165) is 17.8 Å². The van der Waals surface area contributed by atoms with Crippen LogP contribution in [0.15, 0.2) is 29.1 Å². The molecule has 0 N–H and O–H groups in total. The summed E-state index contributed by atoms with van der Waals surface area (Å²) < 4.78 is 19.2. The normalized spacial score (nSPS) is 11.2. The van der Waals surface area contributed by atoms with Crippen molar-refractivity contribution in [1.82, 2.24) is 13.9 Å². The van der Waals surface area contributed by atoms with Crippen LogP contribution in [0.4, 0.5) is 4.39 Å². The summed E-state index contributed by atoms with van der Waals surface area (Å²) in [5.74, 6) is 0.429. The van der Waals surface area contributed by atoms with E-state index in [1.807, 2.05) is 19.9 Å². The van der Waals surface area contributed by atoms with Gasteiger partial charge in [0.15, 0.2) is 4.83 Å². The van der Waals surface area contributed by atoms with E-state index >= 15 is 0 Å². The molecule has 0 amide bonds. The minimum absolute atomic E-state index is 0.0936. The molecular formula is C16H16FN3OS. The molecule has 1 aromatic carbocycles. The van der Waals surface area contributed by atoms with Gasteiger partial charge in [0.05, 0.1) is 17.6 Å². The van der Waals surface area contributed by atoms with Gasteiger partial charge in [-0.1, -0.05) is 19.1 Å². The zero-order valence-electron chi connectivity index (χ0n) is 12.5. The molecule has 2 heterocycles. The molecule has 2 aromatic heterocycles. The van der Waals surface area contributed by atoms with Gasteiger partial charge in [-0.3, -0.25) is 9.36 Å². The Labute approximate surface area is 131 Å². The van der Waals surface area contributed by atoms with Crippen molar-refractivity contribution in [3.05, 3.63) is 57.5 Å². The molecule has 3 aromatic rings. The molecule has 6 heteroatoms. The molecule has 0 saturated heterocycles. The highest BCUT2D eigenvalue weighted by Gasteiger charge is 2.15. The van der Waals surface area contributed by atoms with Crippen molar-refractivity contribution in [3.8, 4) is 0 Å². The summed E-state index contributed by atoms with van der Waals surface area (Å²) in [6.45, 7) is 4.18. The Morgan fingerprint density at radius 2 is 2.18 bits per heavy atom. The number of halogens is 1. The predicted molar refractivity (Wildman–Crippen MR) is 85.9 cm³/mol. The Kier molecular flexibility index (Phi) is 4.02. The van der Waals surface area contributed by atoms with E-state index in [1.54, 1.807) is 10.6 Å². The van der Waals surface area contributed by atoms with Crippen molar-refractivity contribution in [2.24, 2.45) is 0 Å². The van der Waals surface area contributed by atoms with E-state index in [2.05, 4.69) is 9.36 Å². The largest absolute Gasteiger partial charge is 0.292 e. The van der Waals surface area contributed by atoms with Gasteiger partial charge in [0.25, 0.3) is 5.56 Å². The summed E-state index contributed by atoms with van der Waals surface area (Å²) in [7, 11) is 0. The average Bonchev–Trinajstić information content (AvgIpc) is 2.85. The first-order valence-electron chi connectivity index (χ1n) is 7.20. The Morgan fingerprint density at radius 3 is 2.91 bits per heavy atom. The quantitative estimate of drug-likeness (QED) is 0.742. The van der Waals surface area contributed by atoms with Crippen LogP contribution in [0.5, 0.6) is 0 Å². The number of rotatable bonds is 4. The molecule has 4 nitrogen and oxygen atoms in total. The van der Waals surface area contributed by atoms with Crippen LogP contribution in [0, 0.1) is 12.7 Å². The van der Waals surface area contributed by atoms with Gasteiger partial charge in [0.1, 0.15) is 11.6 Å². The molecule has 0 aliphatic heterocycles. The topological polar surface area (TPSA) is 47.8 Å². The molecule has 0 atom stereocenters. The van der Waals surface area contributed by atoms with Crippen molar-refractivity contribution in [3.63, 3.8) is 0 Å². The van der Waals surface area contributed by atoms with Gasteiger partial charge in [-0.15, -0.1) is 0 Å². The first-order valence-corrected chi connectivity index (χ1v) is 7.97. The third kappa shape index (κ3) is 2.66. The first-order chi connectivity index (χ1) is 10.6. The number of hydrogen-bond donors (Lipinski definition) is 0. The lowest BCUT2D eigenvalue weighted by Crippen LogP contribution is -2.26. The second-order valence-corrected chi connectivity index (χ2v) is 6.00. The number of aryl methyl sites for hydroxylation is 2. The second-order valence-electron chi connectivity index (χ2n) is 5.25. The van der Waals surface area contributed by atoms with E-state index in [0.29, 0.717) is 28.9 Å². The van der Waals surface area contributed by atoms with Gasteiger partial charge < -0.3 is 0 Å². The molecule has 0 saturated carbocycles. The molecule has 0 aliphatic carbocycles. The SMILES string of the molecule is CCCc1nc2snc(C)c2c(=O)n1Cc1cccc(F)c1. The van der Waals surface area contributed by atoms with Gasteiger partial charge >= 0.3 is 0 Å². The van der Waals surface area contributed by atoms with Crippen molar-refractivity contribution < 1.29 is 4.39 Å². The van der Waals surface area contributed by atoms with E-state index in [1.165, 1.54) is 23.7 Å². The molecule has 114 valence electrons. The summed E-state index contributed by atoms with van der Waals surface area (Å²) in [6, 6.07) is 6.31. The molecule has 0 spiro atoms. The average molecular weight is 317 g/mol. The maximum absolute atomic E-state index is 13.4. The minimum atomic E-state index is -0.301. The third-order valence-electron chi connectivity index (χ3n) is 3.55. The highest BCUT2D eigenvalue weighted by Crippen LogP contribution is 2.18. The van der Waals surface area contributed by atoms with Gasteiger partial charge in [-0.25, -0.2) is 9.37 Å². The van der Waals surface area contributed by atoms with Crippen LogP contribution in [0.1, 0.15) is 30.4 Å². The van der Waals surface area contributed by atoms with Gasteiger partial charge in [-0.2, -0.15) is 4.37 Å². The fraction of sp³-hybridized carbons (Fsp3) is 0.312. The van der Waals surface area contributed by atoms with Crippen LogP contribution in [0.2, 0.25) is 0 Å². The van der Waals surface area contributed by atoms with Crippen LogP contribution in [-0.4, -0.2) is 13.9 Å². The van der Waals surface area contributed by atoms with E-state index in [-0.39, 0.29) is 11.4 Å². The lowest BCUT2D eigenvalue weighted by Gasteiger charge is -2.12. The zero-order chi connectivity index (χ0) is 15.7. The van der Waals surface area contributed by atoms with Gasteiger partial charge in [0.2, 0.25) is 0 Å². The smallest absolute Gasteiger partial charge is 0.264 e. The van der Waals surface area contributed by atoms with Crippen molar-refractivity contribution in [2.45, 2.75) is 33.2 Å². The Morgan fingerprint density at radius 1 is 1.36 bits per heavy atom.